The summed E-state index contributed by atoms with van der Waals surface area (Å²) in [6.45, 7) is 0. The van der Waals surface area contributed by atoms with Crippen LogP contribution in [0.5, 0.6) is 0 Å². The Bertz CT molecular complexity index is 1150. The van der Waals surface area contributed by atoms with Crippen molar-refractivity contribution in [1.29, 1.82) is 0 Å². The smallest absolute Gasteiger partial charge is 0.478 e. The molecule has 1 aliphatic carbocycles. The number of aryl methyl sites for hydroxylation is 1. The van der Waals surface area contributed by atoms with Gasteiger partial charge in [-0.05, 0) is 49.1 Å². The first-order chi connectivity index (χ1) is 13.9. The van der Waals surface area contributed by atoms with Gasteiger partial charge >= 0.3 is 21.6 Å². The van der Waals surface area contributed by atoms with Gasteiger partial charge in [-0.1, -0.05) is 6.07 Å². The molecule has 0 unspecified atom stereocenters. The van der Waals surface area contributed by atoms with E-state index in [0.717, 1.165) is 24.3 Å². The normalized spacial score (nSPS) is 14.8. The summed E-state index contributed by atoms with van der Waals surface area (Å²) in [4.78, 5) is 11.2. The van der Waals surface area contributed by atoms with E-state index in [1.807, 2.05) is 0 Å². The van der Waals surface area contributed by atoms with Gasteiger partial charge in [0.1, 0.15) is 11.6 Å². The van der Waals surface area contributed by atoms with Gasteiger partial charge in [-0.25, -0.2) is 13.6 Å². The van der Waals surface area contributed by atoms with Crippen molar-refractivity contribution in [1.82, 2.24) is 0 Å². The predicted octanol–water partition coefficient (Wildman–Crippen LogP) is 4.73. The van der Waals surface area contributed by atoms with Crippen molar-refractivity contribution >= 4 is 27.4 Å². The summed E-state index contributed by atoms with van der Waals surface area (Å²) < 4.78 is 94.4. The molecule has 3 rings (SSSR count). The van der Waals surface area contributed by atoms with Gasteiger partial charge in [-0.15, -0.1) is 0 Å². The summed E-state index contributed by atoms with van der Waals surface area (Å²) in [6, 6.07) is 5.71. The standard InChI is InChI=1S/C19H13F5O5S/c20-12-5-7-14(16(21)9-12)15-3-1-2-10-8-11(18(25)26)4-6-13(10)17(15)29-30(27,28)19(22,23)24/h4-9H,1-3H2,(H,25,26). The number of carboxylic acids is 1. The first kappa shape index (κ1) is 21.8. The van der Waals surface area contributed by atoms with Crippen molar-refractivity contribution in [3.8, 4) is 0 Å². The zero-order valence-electron chi connectivity index (χ0n) is 15.0. The number of carboxylic acid groups (broad SMARTS) is 1. The summed E-state index contributed by atoms with van der Waals surface area (Å²) in [5.41, 5.74) is -6.34. The van der Waals surface area contributed by atoms with Crippen LogP contribution in [0.15, 0.2) is 36.4 Å². The zero-order chi connectivity index (χ0) is 22.3. The van der Waals surface area contributed by atoms with Gasteiger partial charge in [0.15, 0.2) is 5.76 Å². The molecule has 2 aromatic rings. The van der Waals surface area contributed by atoms with Gasteiger partial charge in [0.25, 0.3) is 0 Å². The third kappa shape index (κ3) is 4.16. The fourth-order valence-electron chi connectivity index (χ4n) is 3.13. The molecule has 11 heteroatoms. The van der Waals surface area contributed by atoms with E-state index in [2.05, 4.69) is 4.18 Å². The highest BCUT2D eigenvalue weighted by Crippen LogP contribution is 2.40. The van der Waals surface area contributed by atoms with Crippen LogP contribution in [0.4, 0.5) is 22.0 Å². The Balaban J connectivity index is 2.30. The average Bonchev–Trinajstić information content (AvgIpc) is 2.80. The molecule has 2 aromatic carbocycles. The summed E-state index contributed by atoms with van der Waals surface area (Å²) in [5.74, 6) is -4.10. The number of allylic oxidation sites excluding steroid dienone is 1. The van der Waals surface area contributed by atoms with Crippen molar-refractivity contribution in [2.75, 3.05) is 0 Å². The Labute approximate surface area is 167 Å². The summed E-state index contributed by atoms with van der Waals surface area (Å²) in [5, 5.41) is 9.14. The minimum Gasteiger partial charge on any atom is -0.478 e. The van der Waals surface area contributed by atoms with E-state index in [1.54, 1.807) is 0 Å². The second-order valence-corrected chi connectivity index (χ2v) is 7.98. The Kier molecular flexibility index (Phi) is 5.59. The molecule has 0 saturated carbocycles. The van der Waals surface area contributed by atoms with E-state index in [0.29, 0.717) is 6.07 Å². The van der Waals surface area contributed by atoms with Crippen molar-refractivity contribution < 1.29 is 44.5 Å². The minimum absolute atomic E-state index is 0.0949. The van der Waals surface area contributed by atoms with Crippen LogP contribution in [-0.2, 0) is 20.7 Å². The maximum absolute atomic E-state index is 14.4. The van der Waals surface area contributed by atoms with E-state index in [-0.39, 0.29) is 47.1 Å². The lowest BCUT2D eigenvalue weighted by atomic mass is 9.97. The Morgan fingerprint density at radius 3 is 2.27 bits per heavy atom. The van der Waals surface area contributed by atoms with Gasteiger partial charge in [0.2, 0.25) is 0 Å². The van der Waals surface area contributed by atoms with Crippen LogP contribution in [0.25, 0.3) is 11.3 Å². The molecule has 0 atom stereocenters. The molecule has 1 aliphatic rings. The van der Waals surface area contributed by atoms with Crippen LogP contribution in [0.3, 0.4) is 0 Å². The number of alkyl halides is 3. The van der Waals surface area contributed by atoms with Crippen molar-refractivity contribution in [3.05, 3.63) is 70.3 Å². The summed E-state index contributed by atoms with van der Waals surface area (Å²) in [7, 11) is -6.12. The van der Waals surface area contributed by atoms with Crippen LogP contribution >= 0.6 is 0 Å². The van der Waals surface area contributed by atoms with Gasteiger partial charge in [0.05, 0.1) is 5.56 Å². The van der Waals surface area contributed by atoms with Gasteiger partial charge in [-0.2, -0.15) is 21.6 Å². The summed E-state index contributed by atoms with van der Waals surface area (Å²) in [6.07, 6.45) is 0.297. The summed E-state index contributed by atoms with van der Waals surface area (Å²) >= 11 is 0. The first-order valence-electron chi connectivity index (χ1n) is 8.46. The van der Waals surface area contributed by atoms with E-state index in [9.17, 15) is 35.2 Å². The van der Waals surface area contributed by atoms with E-state index in [4.69, 9.17) is 5.11 Å². The van der Waals surface area contributed by atoms with Gasteiger partial charge in [-0.3, -0.25) is 0 Å². The van der Waals surface area contributed by atoms with Crippen LogP contribution in [-0.4, -0.2) is 25.0 Å². The Morgan fingerprint density at radius 2 is 1.67 bits per heavy atom. The van der Waals surface area contributed by atoms with Crippen LogP contribution in [0.1, 0.15) is 39.9 Å². The monoisotopic (exact) mass is 448 g/mol. The zero-order valence-corrected chi connectivity index (χ0v) is 15.8. The molecule has 0 bridgehead atoms. The van der Waals surface area contributed by atoms with Crippen LogP contribution < -0.4 is 0 Å². The van der Waals surface area contributed by atoms with E-state index >= 15 is 0 Å². The molecule has 0 saturated heterocycles. The number of carbonyl (C=O) groups is 1. The molecule has 0 amide bonds. The topological polar surface area (TPSA) is 80.7 Å². The van der Waals surface area contributed by atoms with Crippen molar-refractivity contribution in [2.24, 2.45) is 0 Å². The lowest BCUT2D eigenvalue weighted by Gasteiger charge is -2.18. The molecule has 0 spiro atoms. The number of rotatable bonds is 4. The van der Waals surface area contributed by atoms with Crippen molar-refractivity contribution in [3.63, 3.8) is 0 Å². The average molecular weight is 448 g/mol. The Hall–Kier alpha value is -2.95. The quantitative estimate of drug-likeness (QED) is 0.416. The number of benzene rings is 2. The van der Waals surface area contributed by atoms with Crippen LogP contribution in [0, 0.1) is 11.6 Å². The molecule has 0 aliphatic heterocycles. The van der Waals surface area contributed by atoms with Gasteiger partial charge in [0, 0.05) is 22.8 Å². The number of fused-ring (bicyclic) bond motifs is 1. The molecule has 0 fully saturated rings. The molecular formula is C19H13F5O5S. The molecule has 0 aromatic heterocycles. The number of hydrogen-bond acceptors (Lipinski definition) is 4. The Morgan fingerprint density at radius 1 is 1.00 bits per heavy atom. The number of halogens is 5. The highest BCUT2D eigenvalue weighted by molar-refractivity contribution is 7.87. The number of aromatic carboxylic acids is 1. The lowest BCUT2D eigenvalue weighted by Crippen LogP contribution is -2.25. The molecule has 5 nitrogen and oxygen atoms in total. The third-order valence-corrected chi connectivity index (χ3v) is 5.43. The van der Waals surface area contributed by atoms with E-state index in [1.165, 1.54) is 6.07 Å². The predicted molar refractivity (Wildman–Crippen MR) is 95.6 cm³/mol. The van der Waals surface area contributed by atoms with Crippen LogP contribution in [0.2, 0.25) is 0 Å². The molecule has 0 radical (unpaired) electrons. The minimum atomic E-state index is -6.12. The maximum atomic E-state index is 14.4. The molecule has 0 heterocycles. The second kappa shape index (κ2) is 7.71. The maximum Gasteiger partial charge on any atom is 0.534 e. The fourth-order valence-corrected chi connectivity index (χ4v) is 3.63. The largest absolute Gasteiger partial charge is 0.534 e. The van der Waals surface area contributed by atoms with E-state index < -0.39 is 39.0 Å². The molecule has 160 valence electrons. The number of hydrogen-bond donors (Lipinski definition) is 1. The molecule has 30 heavy (non-hydrogen) atoms. The highest BCUT2D eigenvalue weighted by Gasteiger charge is 2.49. The SMILES string of the molecule is O=C(O)c1ccc2c(c1)CCCC(c1ccc(F)cc1F)=C2OS(=O)(=O)C(F)(F)F. The highest BCUT2D eigenvalue weighted by atomic mass is 32.2. The van der Waals surface area contributed by atoms with Crippen molar-refractivity contribution in [2.45, 2.75) is 24.8 Å². The van der Waals surface area contributed by atoms with Gasteiger partial charge < -0.3 is 9.29 Å². The molecular weight excluding hydrogens is 435 g/mol. The molecule has 1 N–H and O–H groups in total. The second-order valence-electron chi connectivity index (χ2n) is 6.45. The fraction of sp³-hybridized carbons (Fsp3) is 0.211. The lowest BCUT2D eigenvalue weighted by molar-refractivity contribution is -0.0509. The third-order valence-electron chi connectivity index (χ3n) is 4.48. The first-order valence-corrected chi connectivity index (χ1v) is 9.87.